The van der Waals surface area contributed by atoms with Crippen molar-refractivity contribution >= 4 is 27.3 Å². The average Bonchev–Trinajstić information content (AvgIpc) is 2.86. The molecule has 0 unspecified atom stereocenters. The summed E-state index contributed by atoms with van der Waals surface area (Å²) in [6.45, 7) is 4.11. The second-order valence-corrected chi connectivity index (χ2v) is 7.61. The summed E-state index contributed by atoms with van der Waals surface area (Å²) in [5, 5.41) is 2.69. The fourth-order valence-electron chi connectivity index (χ4n) is 2.55. The molecule has 1 aliphatic rings. The van der Waals surface area contributed by atoms with Gasteiger partial charge in [0.2, 0.25) is 5.91 Å². The van der Waals surface area contributed by atoms with Crippen LogP contribution in [0.25, 0.3) is 0 Å². The molecule has 0 spiro atoms. The van der Waals surface area contributed by atoms with Crippen LogP contribution in [0.3, 0.4) is 0 Å². The SMILES string of the molecule is CC(C)c1cccc(NS(=O)(=O)c2ccc3c(c2)CC(=O)N3)c1. The lowest BCUT2D eigenvalue weighted by molar-refractivity contribution is -0.115. The number of anilines is 2. The highest BCUT2D eigenvalue weighted by molar-refractivity contribution is 7.92. The van der Waals surface area contributed by atoms with Crippen molar-refractivity contribution in [2.45, 2.75) is 31.1 Å². The van der Waals surface area contributed by atoms with Crippen LogP contribution in [0.5, 0.6) is 0 Å². The van der Waals surface area contributed by atoms with E-state index in [2.05, 4.69) is 23.9 Å². The molecule has 23 heavy (non-hydrogen) atoms. The maximum absolute atomic E-state index is 12.5. The molecule has 1 amide bonds. The Morgan fingerprint density at radius 3 is 2.65 bits per heavy atom. The van der Waals surface area contributed by atoms with Crippen LogP contribution in [-0.2, 0) is 21.2 Å². The number of sulfonamides is 1. The number of carbonyl (C=O) groups excluding carboxylic acids is 1. The predicted molar refractivity (Wildman–Crippen MR) is 90.1 cm³/mol. The number of rotatable bonds is 4. The summed E-state index contributed by atoms with van der Waals surface area (Å²) in [6, 6.07) is 12.0. The molecule has 120 valence electrons. The molecule has 0 bridgehead atoms. The maximum atomic E-state index is 12.5. The fourth-order valence-corrected chi connectivity index (χ4v) is 3.65. The molecule has 1 heterocycles. The Kier molecular flexibility index (Phi) is 3.85. The Balaban J connectivity index is 1.89. The van der Waals surface area contributed by atoms with E-state index in [1.54, 1.807) is 18.2 Å². The molecule has 0 radical (unpaired) electrons. The molecule has 3 rings (SSSR count). The minimum absolute atomic E-state index is 0.118. The van der Waals surface area contributed by atoms with Gasteiger partial charge in [0.25, 0.3) is 10.0 Å². The number of hydrogen-bond donors (Lipinski definition) is 2. The van der Waals surface area contributed by atoms with Crippen LogP contribution in [0, 0.1) is 0 Å². The largest absolute Gasteiger partial charge is 0.326 e. The van der Waals surface area contributed by atoms with Crippen molar-refractivity contribution in [3.8, 4) is 0 Å². The molecule has 0 saturated carbocycles. The van der Waals surface area contributed by atoms with Crippen LogP contribution >= 0.6 is 0 Å². The molecule has 0 saturated heterocycles. The van der Waals surface area contributed by atoms with Gasteiger partial charge in [0.1, 0.15) is 0 Å². The normalized spacial score (nSPS) is 13.8. The molecule has 6 heteroatoms. The van der Waals surface area contributed by atoms with E-state index < -0.39 is 10.0 Å². The Labute approximate surface area is 135 Å². The van der Waals surface area contributed by atoms with E-state index in [1.165, 1.54) is 6.07 Å². The van der Waals surface area contributed by atoms with Gasteiger partial charge < -0.3 is 5.32 Å². The molecule has 2 aromatic carbocycles. The number of fused-ring (bicyclic) bond motifs is 1. The Bertz CT molecular complexity index is 873. The zero-order valence-electron chi connectivity index (χ0n) is 13.0. The van der Waals surface area contributed by atoms with Crippen LogP contribution in [-0.4, -0.2) is 14.3 Å². The van der Waals surface area contributed by atoms with Crippen LogP contribution in [0.1, 0.15) is 30.9 Å². The highest BCUT2D eigenvalue weighted by atomic mass is 32.2. The van der Waals surface area contributed by atoms with Gasteiger partial charge in [-0.15, -0.1) is 0 Å². The van der Waals surface area contributed by atoms with Crippen LogP contribution < -0.4 is 10.0 Å². The van der Waals surface area contributed by atoms with Crippen molar-refractivity contribution in [2.75, 3.05) is 10.0 Å². The molecular formula is C17H18N2O3S. The first-order chi connectivity index (χ1) is 10.8. The number of benzene rings is 2. The summed E-state index contributed by atoms with van der Waals surface area (Å²) in [5.41, 5.74) is 2.98. The fraction of sp³-hybridized carbons (Fsp3) is 0.235. The lowest BCUT2D eigenvalue weighted by Crippen LogP contribution is -2.13. The van der Waals surface area contributed by atoms with Crippen molar-refractivity contribution in [3.05, 3.63) is 53.6 Å². The van der Waals surface area contributed by atoms with Gasteiger partial charge in [-0.25, -0.2) is 8.42 Å². The molecular weight excluding hydrogens is 312 g/mol. The summed E-state index contributed by atoms with van der Waals surface area (Å²) >= 11 is 0. The highest BCUT2D eigenvalue weighted by Gasteiger charge is 2.22. The van der Waals surface area contributed by atoms with E-state index >= 15 is 0 Å². The number of hydrogen-bond acceptors (Lipinski definition) is 3. The number of amides is 1. The van der Waals surface area contributed by atoms with Gasteiger partial charge in [-0.05, 0) is 47.4 Å². The first-order valence-corrected chi connectivity index (χ1v) is 8.89. The van der Waals surface area contributed by atoms with Crippen molar-refractivity contribution in [3.63, 3.8) is 0 Å². The molecule has 1 aliphatic heterocycles. The van der Waals surface area contributed by atoms with Crippen LogP contribution in [0.4, 0.5) is 11.4 Å². The van der Waals surface area contributed by atoms with E-state index in [4.69, 9.17) is 0 Å². The van der Waals surface area contributed by atoms with Crippen molar-refractivity contribution in [1.29, 1.82) is 0 Å². The zero-order chi connectivity index (χ0) is 16.6. The van der Waals surface area contributed by atoms with Crippen LogP contribution in [0.15, 0.2) is 47.4 Å². The lowest BCUT2D eigenvalue weighted by atomic mass is 10.0. The predicted octanol–water partition coefficient (Wildman–Crippen LogP) is 3.11. The minimum atomic E-state index is -3.68. The molecule has 0 atom stereocenters. The molecule has 5 nitrogen and oxygen atoms in total. The third-order valence-corrected chi connectivity index (χ3v) is 5.20. The summed E-state index contributed by atoms with van der Waals surface area (Å²) in [5.74, 6) is 0.198. The summed E-state index contributed by atoms with van der Waals surface area (Å²) in [4.78, 5) is 11.5. The van der Waals surface area contributed by atoms with E-state index in [1.807, 2.05) is 18.2 Å². The third-order valence-electron chi connectivity index (χ3n) is 3.82. The highest BCUT2D eigenvalue weighted by Crippen LogP contribution is 2.27. The van der Waals surface area contributed by atoms with Gasteiger partial charge in [-0.2, -0.15) is 0 Å². The van der Waals surface area contributed by atoms with Gasteiger partial charge in [0.05, 0.1) is 11.3 Å². The van der Waals surface area contributed by atoms with Crippen molar-refractivity contribution in [2.24, 2.45) is 0 Å². The van der Waals surface area contributed by atoms with Gasteiger partial charge in [-0.1, -0.05) is 26.0 Å². The summed E-state index contributed by atoms with van der Waals surface area (Å²) in [7, 11) is -3.68. The monoisotopic (exact) mass is 330 g/mol. The van der Waals surface area contributed by atoms with Gasteiger partial charge in [0, 0.05) is 11.4 Å². The third kappa shape index (κ3) is 3.22. The number of carbonyl (C=O) groups is 1. The maximum Gasteiger partial charge on any atom is 0.261 e. The Hall–Kier alpha value is -2.34. The first kappa shape index (κ1) is 15.6. The zero-order valence-corrected chi connectivity index (χ0v) is 13.8. The quantitative estimate of drug-likeness (QED) is 0.904. The van der Waals surface area contributed by atoms with Crippen molar-refractivity contribution < 1.29 is 13.2 Å². The Morgan fingerprint density at radius 2 is 1.91 bits per heavy atom. The number of nitrogens with one attached hydrogen (secondary N) is 2. The molecule has 0 aliphatic carbocycles. The summed E-state index contributed by atoms with van der Waals surface area (Å²) in [6.07, 6.45) is 0.210. The molecule has 2 aromatic rings. The standard InChI is InChI=1S/C17H18N2O3S/c1-11(2)12-4-3-5-14(8-12)19-23(21,22)15-6-7-16-13(9-15)10-17(20)18-16/h3-9,11,19H,10H2,1-2H3,(H,18,20). The van der Waals surface area contributed by atoms with Crippen LogP contribution in [0.2, 0.25) is 0 Å². The summed E-state index contributed by atoms with van der Waals surface area (Å²) < 4.78 is 27.7. The topological polar surface area (TPSA) is 75.3 Å². The van der Waals surface area contributed by atoms with Gasteiger partial charge in [-0.3, -0.25) is 9.52 Å². The first-order valence-electron chi connectivity index (χ1n) is 7.41. The molecule has 0 fully saturated rings. The second-order valence-electron chi connectivity index (χ2n) is 5.93. The second kappa shape index (κ2) is 5.70. The van der Waals surface area contributed by atoms with Gasteiger partial charge >= 0.3 is 0 Å². The smallest absolute Gasteiger partial charge is 0.261 e. The molecule has 0 aromatic heterocycles. The van der Waals surface area contributed by atoms with E-state index in [-0.39, 0.29) is 17.2 Å². The average molecular weight is 330 g/mol. The Morgan fingerprint density at radius 1 is 1.13 bits per heavy atom. The van der Waals surface area contributed by atoms with E-state index in [0.29, 0.717) is 22.9 Å². The van der Waals surface area contributed by atoms with E-state index in [0.717, 1.165) is 5.56 Å². The van der Waals surface area contributed by atoms with Gasteiger partial charge in [0.15, 0.2) is 0 Å². The van der Waals surface area contributed by atoms with E-state index in [9.17, 15) is 13.2 Å². The minimum Gasteiger partial charge on any atom is -0.326 e. The molecule has 2 N–H and O–H groups in total. The lowest BCUT2D eigenvalue weighted by Gasteiger charge is -2.12. The van der Waals surface area contributed by atoms with Crippen molar-refractivity contribution in [1.82, 2.24) is 0 Å².